The van der Waals surface area contributed by atoms with E-state index >= 15 is 0 Å². The third kappa shape index (κ3) is 8.20. The molecule has 1 aromatic heterocycles. The fraction of sp³-hybridized carbons (Fsp3) is 0.125. The number of anilines is 1. The third-order valence-electron chi connectivity index (χ3n) is 8.18. The van der Waals surface area contributed by atoms with E-state index in [1.807, 2.05) is 55.6 Å². The summed E-state index contributed by atoms with van der Waals surface area (Å²) in [7, 11) is 2.03. The van der Waals surface area contributed by atoms with Crippen LogP contribution in [0.2, 0.25) is 0 Å². The predicted molar refractivity (Wildman–Crippen MR) is 186 cm³/mol. The van der Waals surface area contributed by atoms with Gasteiger partial charge in [0.25, 0.3) is 11.8 Å². The number of aromatic nitrogens is 1. The van der Waals surface area contributed by atoms with Gasteiger partial charge in [-0.15, -0.1) is 0 Å². The van der Waals surface area contributed by atoms with Gasteiger partial charge in [0.1, 0.15) is 5.82 Å². The van der Waals surface area contributed by atoms with Crippen LogP contribution in [0.4, 0.5) is 19.0 Å². The minimum absolute atomic E-state index is 0.221. The Kier molecular flexibility index (Phi) is 9.82. The second kappa shape index (κ2) is 14.5. The molecule has 0 aliphatic carbocycles. The van der Waals surface area contributed by atoms with E-state index in [-0.39, 0.29) is 11.9 Å². The number of fused-ring (bicyclic) bond motifs is 1. The van der Waals surface area contributed by atoms with Crippen LogP contribution in [0.3, 0.4) is 0 Å². The molecule has 1 atom stereocenters. The molecule has 6 nitrogen and oxygen atoms in total. The molecule has 9 heteroatoms. The average molecular weight is 659 g/mol. The number of carbonyl (C=O) groups is 2. The summed E-state index contributed by atoms with van der Waals surface area (Å²) >= 11 is 0. The summed E-state index contributed by atoms with van der Waals surface area (Å²) in [5, 5.41) is 6.72. The highest BCUT2D eigenvalue weighted by Crippen LogP contribution is 2.32. The number of amides is 2. The first-order chi connectivity index (χ1) is 23.6. The molecule has 0 radical (unpaired) electrons. The van der Waals surface area contributed by atoms with Gasteiger partial charge in [0.15, 0.2) is 0 Å². The summed E-state index contributed by atoms with van der Waals surface area (Å²) in [5.41, 5.74) is 3.73. The van der Waals surface area contributed by atoms with Gasteiger partial charge in [0.05, 0.1) is 17.1 Å². The molecule has 2 N–H and O–H groups in total. The highest BCUT2D eigenvalue weighted by molar-refractivity contribution is 6.08. The maximum atomic E-state index is 13.5. The summed E-state index contributed by atoms with van der Waals surface area (Å²) < 4.78 is 39.2. The van der Waals surface area contributed by atoms with Crippen molar-refractivity contribution in [1.82, 2.24) is 15.2 Å². The van der Waals surface area contributed by atoms with E-state index in [1.54, 1.807) is 54.6 Å². The zero-order valence-electron chi connectivity index (χ0n) is 26.6. The Balaban J connectivity index is 1.16. The molecule has 6 rings (SSSR count). The van der Waals surface area contributed by atoms with Crippen LogP contribution in [-0.4, -0.2) is 35.3 Å². The van der Waals surface area contributed by atoms with Gasteiger partial charge in [0.2, 0.25) is 0 Å². The Bertz CT molecular complexity index is 2070. The lowest BCUT2D eigenvalue weighted by Gasteiger charge is -2.25. The van der Waals surface area contributed by atoms with Crippen LogP contribution in [0.5, 0.6) is 0 Å². The van der Waals surface area contributed by atoms with Crippen molar-refractivity contribution in [2.24, 2.45) is 0 Å². The van der Waals surface area contributed by atoms with E-state index in [9.17, 15) is 22.8 Å². The van der Waals surface area contributed by atoms with Crippen LogP contribution in [0, 0.1) is 0 Å². The number of benzene rings is 5. The Morgan fingerprint density at radius 3 is 2.14 bits per heavy atom. The van der Waals surface area contributed by atoms with E-state index in [1.165, 1.54) is 17.7 Å². The Morgan fingerprint density at radius 1 is 0.755 bits per heavy atom. The molecule has 49 heavy (non-hydrogen) atoms. The van der Waals surface area contributed by atoms with Crippen LogP contribution in [0.1, 0.15) is 43.4 Å². The first-order valence-electron chi connectivity index (χ1n) is 15.7. The van der Waals surface area contributed by atoms with E-state index in [4.69, 9.17) is 0 Å². The largest absolute Gasteiger partial charge is 0.416 e. The van der Waals surface area contributed by atoms with Gasteiger partial charge in [-0.25, -0.2) is 4.98 Å². The molecule has 0 saturated carbocycles. The summed E-state index contributed by atoms with van der Waals surface area (Å²) in [6.45, 7) is 1.34. The van der Waals surface area contributed by atoms with E-state index in [0.717, 1.165) is 24.2 Å². The molecule has 0 spiro atoms. The van der Waals surface area contributed by atoms with Crippen molar-refractivity contribution in [3.05, 3.63) is 167 Å². The lowest BCUT2D eigenvalue weighted by atomic mass is 9.98. The van der Waals surface area contributed by atoms with E-state index in [2.05, 4.69) is 32.7 Å². The van der Waals surface area contributed by atoms with Crippen molar-refractivity contribution in [1.29, 1.82) is 0 Å². The van der Waals surface area contributed by atoms with Crippen LogP contribution < -0.4 is 10.6 Å². The average Bonchev–Trinajstić information content (AvgIpc) is 3.11. The predicted octanol–water partition coefficient (Wildman–Crippen LogP) is 8.78. The van der Waals surface area contributed by atoms with Crippen molar-refractivity contribution < 1.29 is 22.8 Å². The van der Waals surface area contributed by atoms with Gasteiger partial charge in [-0.05, 0) is 77.8 Å². The van der Waals surface area contributed by atoms with Gasteiger partial charge in [0, 0.05) is 29.6 Å². The number of nitrogens with one attached hydrogen (secondary N) is 2. The minimum atomic E-state index is -4.45. The first-order valence-corrected chi connectivity index (χ1v) is 15.7. The highest BCUT2D eigenvalue weighted by Gasteiger charge is 2.30. The number of halogens is 3. The maximum absolute atomic E-state index is 13.5. The molecular weight excluding hydrogens is 625 g/mol. The monoisotopic (exact) mass is 658 g/mol. The van der Waals surface area contributed by atoms with Crippen molar-refractivity contribution in [3.63, 3.8) is 0 Å². The second-order valence-corrected chi connectivity index (χ2v) is 11.8. The molecule has 2 amide bonds. The molecule has 246 valence electrons. The molecule has 6 aromatic rings. The van der Waals surface area contributed by atoms with Gasteiger partial charge in [-0.2, -0.15) is 13.2 Å². The summed E-state index contributed by atoms with van der Waals surface area (Å²) in [5.74, 6) is -0.383. The topological polar surface area (TPSA) is 74.3 Å². The number of nitrogens with zero attached hydrogens (tertiary/aromatic N) is 2. The van der Waals surface area contributed by atoms with Crippen LogP contribution in [0.25, 0.3) is 22.0 Å². The van der Waals surface area contributed by atoms with Crippen molar-refractivity contribution in [2.45, 2.75) is 18.8 Å². The number of alkyl halides is 3. The lowest BCUT2D eigenvalue weighted by Crippen LogP contribution is -2.36. The van der Waals surface area contributed by atoms with Crippen LogP contribution in [0.15, 0.2) is 140 Å². The third-order valence-corrected chi connectivity index (χ3v) is 8.18. The lowest BCUT2D eigenvalue weighted by molar-refractivity contribution is -0.137. The molecule has 0 fully saturated rings. The molecule has 0 saturated heterocycles. The number of rotatable bonds is 10. The normalized spacial score (nSPS) is 12.1. The Hall–Kier alpha value is -5.80. The number of carbonyl (C=O) groups excluding carboxylic acids is 2. The standard InChI is InChI=1S/C40H33F3N4O2/c1-47(25-27-10-4-2-5-11-27)26-36(29-12-6-3-7-13-29)45-38(48)31-18-22-35-30(24-31)19-23-37(44-35)46-39(49)34-15-9-8-14-33(34)28-16-20-32(21-17-28)40(41,42)43/h2-24,36H,25-26H2,1H3,(H,45,48)(H,44,46,49). The molecule has 0 bridgehead atoms. The maximum Gasteiger partial charge on any atom is 0.416 e. The SMILES string of the molecule is CN(Cc1ccccc1)CC(NC(=O)c1ccc2nc(NC(=O)c3ccccc3-c3ccc(C(F)(F)F)cc3)ccc2c1)c1ccccc1. The molecule has 0 aliphatic heterocycles. The van der Waals surface area contributed by atoms with Crippen LogP contribution >= 0.6 is 0 Å². The number of hydrogen-bond donors (Lipinski definition) is 2. The first kappa shape index (κ1) is 33.1. The molecular formula is C40H33F3N4O2. The van der Waals surface area contributed by atoms with Gasteiger partial charge >= 0.3 is 6.18 Å². The van der Waals surface area contributed by atoms with Crippen molar-refractivity contribution in [3.8, 4) is 11.1 Å². The van der Waals surface area contributed by atoms with E-state index < -0.39 is 17.6 Å². The van der Waals surface area contributed by atoms with E-state index in [0.29, 0.717) is 45.5 Å². The van der Waals surface area contributed by atoms with Gasteiger partial charge < -0.3 is 10.6 Å². The van der Waals surface area contributed by atoms with Crippen molar-refractivity contribution in [2.75, 3.05) is 18.9 Å². The zero-order chi connectivity index (χ0) is 34.4. The summed E-state index contributed by atoms with van der Waals surface area (Å²) in [6, 6.07) is 39.8. The molecule has 0 aliphatic rings. The van der Waals surface area contributed by atoms with Gasteiger partial charge in [-0.1, -0.05) is 91.0 Å². The smallest absolute Gasteiger partial charge is 0.344 e. The Labute approximate surface area is 282 Å². The zero-order valence-corrected chi connectivity index (χ0v) is 26.6. The summed E-state index contributed by atoms with van der Waals surface area (Å²) in [6.07, 6.45) is -4.45. The minimum Gasteiger partial charge on any atom is -0.344 e. The van der Waals surface area contributed by atoms with Crippen molar-refractivity contribution >= 4 is 28.5 Å². The fourth-order valence-corrected chi connectivity index (χ4v) is 5.72. The highest BCUT2D eigenvalue weighted by atomic mass is 19.4. The summed E-state index contributed by atoms with van der Waals surface area (Å²) in [4.78, 5) is 33.6. The second-order valence-electron chi connectivity index (χ2n) is 11.8. The molecule has 1 unspecified atom stereocenters. The Morgan fingerprint density at radius 2 is 1.43 bits per heavy atom. The quantitative estimate of drug-likeness (QED) is 0.154. The molecule has 5 aromatic carbocycles. The number of pyridine rings is 1. The number of hydrogen-bond acceptors (Lipinski definition) is 4. The fourth-order valence-electron chi connectivity index (χ4n) is 5.72. The van der Waals surface area contributed by atoms with Gasteiger partial charge in [-0.3, -0.25) is 14.5 Å². The van der Waals surface area contributed by atoms with Crippen LogP contribution in [-0.2, 0) is 12.7 Å². The molecule has 1 heterocycles. The number of likely N-dealkylation sites (N-methyl/N-ethyl adjacent to an activating group) is 1.